The van der Waals surface area contributed by atoms with Crippen LogP contribution in [0.25, 0.3) is 0 Å². The largest absolute Gasteiger partial charge is 0.467 e. The van der Waals surface area contributed by atoms with Crippen molar-refractivity contribution in [2.75, 3.05) is 5.75 Å². The molecular weight excluding hydrogens is 392 g/mol. The highest BCUT2D eigenvalue weighted by Gasteiger charge is 2.28. The maximum absolute atomic E-state index is 12.2. The van der Waals surface area contributed by atoms with Crippen molar-refractivity contribution in [1.29, 1.82) is 0 Å². The third-order valence-electron chi connectivity index (χ3n) is 4.30. The van der Waals surface area contributed by atoms with Gasteiger partial charge in [-0.1, -0.05) is 30.3 Å². The van der Waals surface area contributed by atoms with Gasteiger partial charge in [-0.15, -0.1) is 11.8 Å². The molecule has 0 aliphatic carbocycles. The molecule has 0 bridgehead atoms. The lowest BCUT2D eigenvalue weighted by Crippen LogP contribution is -2.56. The number of hydrogen-bond donors (Lipinski definition) is 4. The van der Waals surface area contributed by atoms with Gasteiger partial charge in [-0.25, -0.2) is 0 Å². The van der Waals surface area contributed by atoms with Gasteiger partial charge in [0.15, 0.2) is 0 Å². The van der Waals surface area contributed by atoms with Crippen LogP contribution in [0.15, 0.2) is 53.1 Å². The zero-order valence-electron chi connectivity index (χ0n) is 15.9. The van der Waals surface area contributed by atoms with E-state index in [2.05, 4.69) is 21.3 Å². The summed E-state index contributed by atoms with van der Waals surface area (Å²) in [5.74, 6) is 0.421. The van der Waals surface area contributed by atoms with Gasteiger partial charge in [-0.05, 0) is 17.7 Å². The van der Waals surface area contributed by atoms with Gasteiger partial charge in [-0.3, -0.25) is 19.7 Å². The number of amides is 3. The van der Waals surface area contributed by atoms with E-state index in [0.717, 1.165) is 5.56 Å². The number of rotatable bonds is 9. The van der Waals surface area contributed by atoms with E-state index in [1.807, 2.05) is 30.3 Å². The number of nitrogens with one attached hydrogen (secondary N) is 4. The Morgan fingerprint density at radius 1 is 1.07 bits per heavy atom. The number of furan rings is 1. The molecule has 8 nitrogen and oxygen atoms in total. The summed E-state index contributed by atoms with van der Waals surface area (Å²) < 4.78 is 5.16. The predicted molar refractivity (Wildman–Crippen MR) is 109 cm³/mol. The highest BCUT2D eigenvalue weighted by Crippen LogP contribution is 2.14. The Labute approximate surface area is 173 Å². The van der Waals surface area contributed by atoms with Crippen LogP contribution in [0, 0.1) is 0 Å². The van der Waals surface area contributed by atoms with Crippen molar-refractivity contribution in [3.05, 3.63) is 60.1 Å². The zero-order chi connectivity index (χ0) is 20.5. The number of hydrogen-bond acceptors (Lipinski definition) is 6. The highest BCUT2D eigenvalue weighted by molar-refractivity contribution is 8.00. The van der Waals surface area contributed by atoms with Crippen molar-refractivity contribution >= 4 is 29.5 Å². The zero-order valence-corrected chi connectivity index (χ0v) is 16.7. The molecule has 1 aliphatic heterocycles. The maximum Gasteiger partial charge on any atom is 0.230 e. The smallest absolute Gasteiger partial charge is 0.230 e. The predicted octanol–water partition coefficient (Wildman–Crippen LogP) is 1.10. The Hall–Kier alpha value is -2.78. The molecule has 0 saturated carbocycles. The molecule has 2 aromatic rings. The molecule has 4 N–H and O–H groups in total. The first-order valence-electron chi connectivity index (χ1n) is 9.35. The van der Waals surface area contributed by atoms with E-state index in [0.29, 0.717) is 18.8 Å². The Bertz CT molecular complexity index is 813. The summed E-state index contributed by atoms with van der Waals surface area (Å²) in [6.07, 6.45) is 1.97. The van der Waals surface area contributed by atoms with Crippen molar-refractivity contribution in [3.63, 3.8) is 0 Å². The summed E-state index contributed by atoms with van der Waals surface area (Å²) >= 11 is 1.27. The van der Waals surface area contributed by atoms with Gasteiger partial charge in [0, 0.05) is 25.4 Å². The molecule has 2 heterocycles. The van der Waals surface area contributed by atoms with E-state index in [-0.39, 0.29) is 42.4 Å². The lowest BCUT2D eigenvalue weighted by atomic mass is 10.1. The first-order chi connectivity index (χ1) is 14.1. The fourth-order valence-corrected chi connectivity index (χ4v) is 3.79. The van der Waals surface area contributed by atoms with Gasteiger partial charge in [0.2, 0.25) is 17.7 Å². The van der Waals surface area contributed by atoms with E-state index in [9.17, 15) is 14.4 Å². The first-order valence-corrected chi connectivity index (χ1v) is 10.4. The molecular formula is C20H24N4O4S. The third-order valence-corrected chi connectivity index (χ3v) is 5.31. The fraction of sp³-hybridized carbons (Fsp3) is 0.350. The summed E-state index contributed by atoms with van der Waals surface area (Å²) in [4.78, 5) is 36.1. The molecule has 0 radical (unpaired) electrons. The molecule has 9 heteroatoms. The van der Waals surface area contributed by atoms with E-state index in [1.165, 1.54) is 11.8 Å². The summed E-state index contributed by atoms with van der Waals surface area (Å²) in [6, 6.07) is 12.9. The Morgan fingerprint density at radius 2 is 1.86 bits per heavy atom. The van der Waals surface area contributed by atoms with Gasteiger partial charge >= 0.3 is 0 Å². The molecule has 1 saturated heterocycles. The van der Waals surface area contributed by atoms with Crippen LogP contribution < -0.4 is 21.3 Å². The normalized spacial score (nSPS) is 18.7. The molecule has 3 amide bonds. The number of thioether (sulfide) groups is 1. The van der Waals surface area contributed by atoms with Gasteiger partial charge in [-0.2, -0.15) is 0 Å². The van der Waals surface area contributed by atoms with Crippen molar-refractivity contribution in [2.45, 2.75) is 37.5 Å². The minimum Gasteiger partial charge on any atom is -0.467 e. The summed E-state index contributed by atoms with van der Waals surface area (Å²) in [5, 5.41) is 11.6. The van der Waals surface area contributed by atoms with Crippen LogP contribution in [-0.4, -0.2) is 35.0 Å². The second-order valence-electron chi connectivity index (χ2n) is 6.65. The van der Waals surface area contributed by atoms with Gasteiger partial charge in [0.1, 0.15) is 11.3 Å². The fourth-order valence-electron chi connectivity index (χ4n) is 2.87. The van der Waals surface area contributed by atoms with E-state index in [1.54, 1.807) is 18.4 Å². The molecule has 154 valence electrons. The molecule has 29 heavy (non-hydrogen) atoms. The first kappa shape index (κ1) is 20.9. The molecule has 0 spiro atoms. The van der Waals surface area contributed by atoms with E-state index < -0.39 is 5.50 Å². The quantitative estimate of drug-likeness (QED) is 0.487. The standard InChI is InChI=1S/C20H24N4O4S/c25-17(21-11-14-5-2-1-3-6-14)9-15-10-18(26)24-20(23-15)29-13-19(27)22-12-16-7-4-8-28-16/h1-8,15,20,23H,9-13H2,(H,21,25)(H,22,27)(H,24,26). The monoisotopic (exact) mass is 416 g/mol. The highest BCUT2D eigenvalue weighted by atomic mass is 32.2. The molecule has 1 aliphatic rings. The van der Waals surface area contributed by atoms with Gasteiger partial charge in [0.25, 0.3) is 0 Å². The van der Waals surface area contributed by atoms with Crippen LogP contribution in [0.3, 0.4) is 0 Å². The SMILES string of the molecule is O=C(CSC1NC(=O)CC(CC(=O)NCc2ccccc2)N1)NCc1ccco1. The van der Waals surface area contributed by atoms with Crippen molar-refractivity contribution < 1.29 is 18.8 Å². The Balaban J connectivity index is 1.38. The number of carbonyl (C=O) groups excluding carboxylic acids is 3. The summed E-state index contributed by atoms with van der Waals surface area (Å²) in [5.41, 5.74) is 0.599. The lowest BCUT2D eigenvalue weighted by molar-refractivity contribution is -0.125. The second kappa shape index (κ2) is 10.7. The van der Waals surface area contributed by atoms with Crippen LogP contribution >= 0.6 is 11.8 Å². The van der Waals surface area contributed by atoms with E-state index in [4.69, 9.17) is 4.42 Å². The van der Waals surface area contributed by atoms with Crippen LogP contribution in [-0.2, 0) is 27.5 Å². The van der Waals surface area contributed by atoms with Crippen molar-refractivity contribution in [3.8, 4) is 0 Å². The Kier molecular flexibility index (Phi) is 7.71. The average Bonchev–Trinajstić information content (AvgIpc) is 3.23. The Morgan fingerprint density at radius 3 is 2.62 bits per heavy atom. The second-order valence-corrected chi connectivity index (χ2v) is 7.74. The summed E-state index contributed by atoms with van der Waals surface area (Å²) in [7, 11) is 0. The topological polar surface area (TPSA) is 112 Å². The minimum absolute atomic E-state index is 0.124. The lowest BCUT2D eigenvalue weighted by Gasteiger charge is -2.30. The molecule has 2 unspecified atom stereocenters. The minimum atomic E-state index is -0.419. The van der Waals surface area contributed by atoms with Crippen molar-refractivity contribution in [2.24, 2.45) is 0 Å². The molecule has 1 fully saturated rings. The maximum atomic E-state index is 12.2. The molecule has 1 aromatic heterocycles. The van der Waals surface area contributed by atoms with Crippen molar-refractivity contribution in [1.82, 2.24) is 21.3 Å². The van der Waals surface area contributed by atoms with Gasteiger partial charge < -0.3 is 20.4 Å². The molecule has 2 atom stereocenters. The van der Waals surface area contributed by atoms with Crippen LogP contribution in [0.5, 0.6) is 0 Å². The third kappa shape index (κ3) is 7.28. The van der Waals surface area contributed by atoms with Crippen LogP contribution in [0.2, 0.25) is 0 Å². The van der Waals surface area contributed by atoms with Crippen LogP contribution in [0.4, 0.5) is 0 Å². The molecule has 1 aromatic carbocycles. The number of carbonyl (C=O) groups is 3. The van der Waals surface area contributed by atoms with E-state index >= 15 is 0 Å². The number of benzene rings is 1. The summed E-state index contributed by atoms with van der Waals surface area (Å²) in [6.45, 7) is 0.771. The van der Waals surface area contributed by atoms with Gasteiger partial charge in [0.05, 0.1) is 18.6 Å². The van der Waals surface area contributed by atoms with Crippen LogP contribution in [0.1, 0.15) is 24.2 Å². The average molecular weight is 417 g/mol. The molecule has 3 rings (SSSR count).